The fourth-order valence-electron chi connectivity index (χ4n) is 4.04. The Labute approximate surface area is 195 Å². The standard InChI is InChI=1S/C19H19F6N5O2S2/c20-18(21,22)15-26-27-16(19(23,24)25)30(15)13-6-8-14(9-7-13)34(31,32)28-17-29(10-11-33-17)12-4-2-1-3-5-12/h6-9,12H,1-5,10-11H2/b28-17+. The van der Waals surface area contributed by atoms with E-state index in [4.69, 9.17) is 0 Å². The van der Waals surface area contributed by atoms with Crippen molar-refractivity contribution in [3.05, 3.63) is 35.9 Å². The molecule has 2 fully saturated rings. The molecule has 15 heteroatoms. The Kier molecular flexibility index (Phi) is 6.61. The maximum atomic E-state index is 13.2. The first-order chi connectivity index (χ1) is 15.9. The Bertz CT molecular complexity index is 1140. The highest BCUT2D eigenvalue weighted by molar-refractivity contribution is 8.14. The van der Waals surface area contributed by atoms with Crippen LogP contribution in [0, 0.1) is 0 Å². The van der Waals surface area contributed by atoms with E-state index in [-0.39, 0.29) is 15.5 Å². The van der Waals surface area contributed by atoms with E-state index in [1.54, 1.807) is 0 Å². The molecule has 186 valence electrons. The van der Waals surface area contributed by atoms with E-state index < -0.39 is 39.7 Å². The van der Waals surface area contributed by atoms with Crippen molar-refractivity contribution in [3.8, 4) is 5.69 Å². The number of halogens is 6. The SMILES string of the molecule is O=S(=O)(/N=C1/SCCN1C1CCCCC1)c1ccc(-n2c(C(F)(F)F)nnc2C(F)(F)F)cc1. The van der Waals surface area contributed by atoms with Gasteiger partial charge in [-0.2, -0.15) is 34.8 Å². The summed E-state index contributed by atoms with van der Waals surface area (Å²) in [6, 6.07) is 3.71. The van der Waals surface area contributed by atoms with Crippen molar-refractivity contribution in [1.82, 2.24) is 19.7 Å². The highest BCUT2D eigenvalue weighted by Gasteiger charge is 2.45. The average molecular weight is 528 g/mol. The predicted octanol–water partition coefficient (Wildman–Crippen LogP) is 4.73. The molecule has 0 unspecified atom stereocenters. The van der Waals surface area contributed by atoms with E-state index in [1.165, 1.54) is 11.8 Å². The molecule has 2 aliphatic rings. The Morgan fingerprint density at radius 1 is 0.912 bits per heavy atom. The molecule has 0 bridgehead atoms. The lowest BCUT2D eigenvalue weighted by atomic mass is 9.94. The molecular weight excluding hydrogens is 508 g/mol. The first kappa shape index (κ1) is 24.8. The van der Waals surface area contributed by atoms with Crippen LogP contribution in [0.1, 0.15) is 43.8 Å². The van der Waals surface area contributed by atoms with Gasteiger partial charge >= 0.3 is 12.4 Å². The first-order valence-electron chi connectivity index (χ1n) is 10.3. The third-order valence-electron chi connectivity index (χ3n) is 5.59. The topological polar surface area (TPSA) is 80.5 Å². The van der Waals surface area contributed by atoms with Crippen LogP contribution in [-0.2, 0) is 22.4 Å². The van der Waals surface area contributed by atoms with E-state index in [0.717, 1.165) is 56.4 Å². The van der Waals surface area contributed by atoms with Crippen molar-refractivity contribution >= 4 is 27.0 Å². The molecule has 1 saturated carbocycles. The fourth-order valence-corrected chi connectivity index (χ4v) is 6.32. The zero-order chi connectivity index (χ0) is 24.7. The molecule has 2 heterocycles. The second-order valence-corrected chi connectivity index (χ2v) is 10.5. The molecule has 2 aromatic rings. The minimum atomic E-state index is -5.21. The van der Waals surface area contributed by atoms with Gasteiger partial charge in [0.15, 0.2) is 5.17 Å². The van der Waals surface area contributed by atoms with E-state index >= 15 is 0 Å². The third kappa shape index (κ3) is 5.04. The van der Waals surface area contributed by atoms with E-state index in [2.05, 4.69) is 14.6 Å². The van der Waals surface area contributed by atoms with Gasteiger partial charge in [0.25, 0.3) is 10.0 Å². The summed E-state index contributed by atoms with van der Waals surface area (Å²) in [7, 11) is -4.24. The summed E-state index contributed by atoms with van der Waals surface area (Å²) in [5, 5.41) is 5.64. The Balaban J connectivity index is 1.66. The molecule has 1 saturated heterocycles. The summed E-state index contributed by atoms with van der Waals surface area (Å²) in [4.78, 5) is 1.62. The second-order valence-electron chi connectivity index (χ2n) is 7.85. The molecule has 7 nitrogen and oxygen atoms in total. The zero-order valence-electron chi connectivity index (χ0n) is 17.5. The van der Waals surface area contributed by atoms with Gasteiger partial charge in [-0.1, -0.05) is 31.0 Å². The van der Waals surface area contributed by atoms with Gasteiger partial charge in [0.2, 0.25) is 11.6 Å². The van der Waals surface area contributed by atoms with E-state index in [1.807, 2.05) is 4.90 Å². The van der Waals surface area contributed by atoms with E-state index in [9.17, 15) is 34.8 Å². The van der Waals surface area contributed by atoms with Gasteiger partial charge in [-0.15, -0.1) is 14.6 Å². The lowest BCUT2D eigenvalue weighted by Crippen LogP contribution is -2.37. The largest absolute Gasteiger partial charge is 0.452 e. The Hall–Kier alpha value is -2.29. The molecule has 1 aliphatic heterocycles. The number of nitrogens with zero attached hydrogens (tertiary/aromatic N) is 5. The van der Waals surface area contributed by atoms with E-state index in [0.29, 0.717) is 17.5 Å². The monoisotopic (exact) mass is 527 g/mol. The smallest absolute Gasteiger partial charge is 0.347 e. The summed E-state index contributed by atoms with van der Waals surface area (Å²) in [5.41, 5.74) is -0.588. The minimum Gasteiger partial charge on any atom is -0.347 e. The molecule has 0 atom stereocenters. The maximum absolute atomic E-state index is 13.2. The molecular formula is C19H19F6N5O2S2. The van der Waals surface area contributed by atoms with Crippen LogP contribution in [0.15, 0.2) is 33.6 Å². The molecule has 0 spiro atoms. The highest BCUT2D eigenvalue weighted by Crippen LogP contribution is 2.36. The van der Waals surface area contributed by atoms with Crippen LogP contribution in [0.2, 0.25) is 0 Å². The fraction of sp³-hybridized carbons (Fsp3) is 0.526. The molecule has 1 aromatic heterocycles. The Morgan fingerprint density at radius 3 is 2.00 bits per heavy atom. The first-order valence-corrected chi connectivity index (χ1v) is 12.7. The van der Waals surface area contributed by atoms with Gasteiger partial charge in [0, 0.05) is 24.0 Å². The normalized spacial score (nSPS) is 19.8. The van der Waals surface area contributed by atoms with Crippen LogP contribution in [0.25, 0.3) is 5.69 Å². The molecule has 4 rings (SSSR count). The second kappa shape index (κ2) is 9.06. The van der Waals surface area contributed by atoms with Crippen molar-refractivity contribution in [2.75, 3.05) is 12.3 Å². The van der Waals surface area contributed by atoms with Crippen molar-refractivity contribution in [2.24, 2.45) is 4.40 Å². The number of hydrogen-bond donors (Lipinski definition) is 0. The van der Waals surface area contributed by atoms with Crippen molar-refractivity contribution in [3.63, 3.8) is 0 Å². The maximum Gasteiger partial charge on any atom is 0.452 e. The number of benzene rings is 1. The number of thioether (sulfide) groups is 1. The zero-order valence-corrected chi connectivity index (χ0v) is 19.1. The third-order valence-corrected chi connectivity index (χ3v) is 7.95. The molecule has 34 heavy (non-hydrogen) atoms. The molecule has 0 N–H and O–H groups in total. The van der Waals surface area contributed by atoms with Crippen LogP contribution in [-0.4, -0.2) is 51.6 Å². The minimum absolute atomic E-state index is 0.195. The van der Waals surface area contributed by atoms with Crippen LogP contribution in [0.3, 0.4) is 0 Å². The van der Waals surface area contributed by atoms with Gasteiger partial charge in [-0.25, -0.2) is 0 Å². The van der Waals surface area contributed by atoms with Crippen molar-refractivity contribution in [2.45, 2.75) is 55.4 Å². The van der Waals surface area contributed by atoms with Gasteiger partial charge in [0.1, 0.15) is 0 Å². The Morgan fingerprint density at radius 2 is 1.47 bits per heavy atom. The molecule has 0 amide bonds. The van der Waals surface area contributed by atoms with Crippen molar-refractivity contribution in [1.29, 1.82) is 0 Å². The molecule has 1 aliphatic carbocycles. The summed E-state index contributed by atoms with van der Waals surface area (Å²) >= 11 is 1.30. The lowest BCUT2D eigenvalue weighted by Gasteiger charge is -2.31. The highest BCUT2D eigenvalue weighted by atomic mass is 32.2. The van der Waals surface area contributed by atoms with Crippen molar-refractivity contribution < 1.29 is 34.8 Å². The van der Waals surface area contributed by atoms with Crippen LogP contribution >= 0.6 is 11.8 Å². The van der Waals surface area contributed by atoms with Gasteiger partial charge in [-0.05, 0) is 37.1 Å². The van der Waals surface area contributed by atoms with Gasteiger partial charge in [0.05, 0.1) is 4.90 Å². The molecule has 0 radical (unpaired) electrons. The summed E-state index contributed by atoms with van der Waals surface area (Å²) in [6.45, 7) is 0.663. The summed E-state index contributed by atoms with van der Waals surface area (Å²) in [5.74, 6) is -3.07. The quantitative estimate of drug-likeness (QED) is 0.535. The average Bonchev–Trinajstić information content (AvgIpc) is 3.41. The lowest BCUT2D eigenvalue weighted by molar-refractivity contribution is -0.153. The predicted molar refractivity (Wildman–Crippen MR) is 112 cm³/mol. The number of hydrogen-bond acceptors (Lipinski definition) is 5. The van der Waals surface area contributed by atoms with Crippen LogP contribution < -0.4 is 0 Å². The summed E-state index contributed by atoms with van der Waals surface area (Å²) < 4.78 is 109. The molecule has 1 aromatic carbocycles. The van der Waals surface area contributed by atoms with Crippen LogP contribution in [0.4, 0.5) is 26.3 Å². The van der Waals surface area contributed by atoms with Crippen LogP contribution in [0.5, 0.6) is 0 Å². The number of aromatic nitrogens is 3. The van der Waals surface area contributed by atoms with Gasteiger partial charge < -0.3 is 4.90 Å². The summed E-state index contributed by atoms with van der Waals surface area (Å²) in [6.07, 6.45) is -5.31. The number of sulfonamides is 1. The number of alkyl halides is 6. The van der Waals surface area contributed by atoms with Gasteiger partial charge in [-0.3, -0.25) is 4.57 Å². The number of rotatable bonds is 4. The number of amidine groups is 1.